The summed E-state index contributed by atoms with van der Waals surface area (Å²) in [4.78, 5) is 32.3. The Morgan fingerprint density at radius 1 is 1.07 bits per heavy atom. The first-order valence-electron chi connectivity index (χ1n) is 12.9. The maximum Gasteiger partial charge on any atom is 0.255 e. The van der Waals surface area contributed by atoms with Gasteiger partial charge in [0.15, 0.2) is 0 Å². The topological polar surface area (TPSA) is 127 Å². The summed E-state index contributed by atoms with van der Waals surface area (Å²) < 4.78 is 14.3. The van der Waals surface area contributed by atoms with Gasteiger partial charge in [-0.25, -0.2) is 4.39 Å². The van der Waals surface area contributed by atoms with E-state index in [0.29, 0.717) is 11.3 Å². The molecule has 2 aromatic heterocycles. The normalized spacial score (nSPS) is 11.7. The van der Waals surface area contributed by atoms with Crippen LogP contribution in [-0.2, 0) is 10.5 Å². The van der Waals surface area contributed by atoms with Crippen molar-refractivity contribution in [3.05, 3.63) is 95.7 Å². The van der Waals surface area contributed by atoms with Crippen LogP contribution in [0.1, 0.15) is 54.0 Å². The maximum atomic E-state index is 14.3. The number of anilines is 1. The van der Waals surface area contributed by atoms with E-state index in [1.165, 1.54) is 32.3 Å². The van der Waals surface area contributed by atoms with E-state index in [4.69, 9.17) is 10.5 Å². The Kier molecular flexibility index (Phi) is 12.2. The summed E-state index contributed by atoms with van der Waals surface area (Å²) >= 11 is 0. The van der Waals surface area contributed by atoms with Gasteiger partial charge >= 0.3 is 0 Å². The number of aromatic nitrogens is 2. The maximum absolute atomic E-state index is 14.3. The number of pyridine rings is 2. The number of aryl methyl sites for hydroxylation is 1. The molecule has 0 unspecified atom stereocenters. The number of rotatable bonds is 10. The van der Waals surface area contributed by atoms with Gasteiger partial charge in [-0.2, -0.15) is 0 Å². The van der Waals surface area contributed by atoms with Gasteiger partial charge in [-0.05, 0) is 125 Å². The molecule has 40 heavy (non-hydrogen) atoms. The minimum absolute atomic E-state index is 0.214. The number of alkyl halides is 1. The Balaban J connectivity index is 0.00000178. The smallest absolute Gasteiger partial charge is 0.255 e. The molecule has 9 heteroatoms. The molecule has 0 saturated carbocycles. The number of benzene rings is 1. The number of primary amides is 1. The summed E-state index contributed by atoms with van der Waals surface area (Å²) in [6, 6.07) is 12.8. The number of hydrogen-bond donors (Lipinski definition) is 3. The number of carbonyl (C=O) groups is 2. The highest BCUT2D eigenvalue weighted by molar-refractivity contribution is 6.04. The van der Waals surface area contributed by atoms with E-state index in [1.807, 2.05) is 43.3 Å². The highest BCUT2D eigenvalue weighted by Gasteiger charge is 2.22. The molecule has 2 heterocycles. The number of amides is 2. The molecule has 0 spiro atoms. The number of nitrogens with two attached hydrogens (primary N) is 2. The van der Waals surface area contributed by atoms with Crippen LogP contribution in [0.2, 0.25) is 0 Å². The monoisotopic (exact) mass is 546 g/mol. The molecule has 1 aromatic carbocycles. The highest BCUT2D eigenvalue weighted by Crippen LogP contribution is 2.29. The van der Waals surface area contributed by atoms with Crippen molar-refractivity contribution in [1.82, 2.24) is 14.9 Å². The van der Waals surface area contributed by atoms with Crippen LogP contribution in [0.25, 0.3) is 16.7 Å². The van der Waals surface area contributed by atoms with Crippen molar-refractivity contribution < 1.29 is 14.0 Å². The van der Waals surface area contributed by atoms with Crippen molar-refractivity contribution in [3.63, 3.8) is 0 Å². The van der Waals surface area contributed by atoms with Crippen molar-refractivity contribution in [2.24, 2.45) is 11.5 Å². The fourth-order valence-electron chi connectivity index (χ4n) is 3.89. The molecule has 0 bridgehead atoms. The fourth-order valence-corrected chi connectivity index (χ4v) is 3.89. The molecule has 8 nitrogen and oxygen atoms in total. The highest BCUT2D eigenvalue weighted by atomic mass is 19.1. The third-order valence-electron chi connectivity index (χ3n) is 5.94. The van der Waals surface area contributed by atoms with E-state index < -0.39 is 5.67 Å². The van der Waals surface area contributed by atoms with Crippen LogP contribution in [0, 0.1) is 6.92 Å². The van der Waals surface area contributed by atoms with Crippen LogP contribution in [0.4, 0.5) is 10.1 Å². The second-order valence-corrected chi connectivity index (χ2v) is 9.92. The lowest BCUT2D eigenvalue weighted by atomic mass is 9.98. The summed E-state index contributed by atoms with van der Waals surface area (Å²) in [5, 5.41) is 2.93. The van der Waals surface area contributed by atoms with Crippen molar-refractivity contribution in [2.45, 2.75) is 39.3 Å². The quantitative estimate of drug-likeness (QED) is 0.182. The van der Waals surface area contributed by atoms with Crippen LogP contribution in [0.15, 0.2) is 73.2 Å². The average molecular weight is 547 g/mol. The molecule has 0 aliphatic rings. The van der Waals surface area contributed by atoms with Gasteiger partial charge in [-0.1, -0.05) is 12.1 Å². The van der Waals surface area contributed by atoms with E-state index in [1.54, 1.807) is 12.3 Å². The van der Waals surface area contributed by atoms with Crippen LogP contribution in [-0.4, -0.2) is 47.8 Å². The first-order valence-corrected chi connectivity index (χ1v) is 12.9. The van der Waals surface area contributed by atoms with Gasteiger partial charge in [0.1, 0.15) is 5.67 Å². The average Bonchev–Trinajstić information content (AvgIpc) is 2.91. The zero-order chi connectivity index (χ0) is 29.7. The van der Waals surface area contributed by atoms with Crippen molar-refractivity contribution in [1.29, 1.82) is 0 Å². The van der Waals surface area contributed by atoms with E-state index >= 15 is 0 Å². The second kappa shape index (κ2) is 15.3. The number of halogens is 1. The van der Waals surface area contributed by atoms with Gasteiger partial charge in [-0.15, -0.1) is 0 Å². The second-order valence-electron chi connectivity index (χ2n) is 9.92. The minimum Gasteiger partial charge on any atom is -0.405 e. The van der Waals surface area contributed by atoms with Crippen LogP contribution >= 0.6 is 0 Å². The fraction of sp³-hybridized carbons (Fsp3) is 0.290. The van der Waals surface area contributed by atoms with E-state index in [2.05, 4.69) is 46.1 Å². The minimum atomic E-state index is -1.63. The van der Waals surface area contributed by atoms with Crippen molar-refractivity contribution in [2.75, 3.05) is 26.0 Å². The zero-order valence-electron chi connectivity index (χ0n) is 23.8. The van der Waals surface area contributed by atoms with Gasteiger partial charge in [-0.3, -0.25) is 19.6 Å². The van der Waals surface area contributed by atoms with Crippen molar-refractivity contribution >= 4 is 23.6 Å². The number of nitrogens with zero attached hydrogens (tertiary/aromatic N) is 3. The number of unbranched alkanes of at least 4 members (excludes halogenated alkanes) is 1. The molecule has 0 saturated heterocycles. The number of hydrogen-bond acceptors (Lipinski definition) is 6. The van der Waals surface area contributed by atoms with Crippen molar-refractivity contribution in [3.8, 4) is 11.1 Å². The van der Waals surface area contributed by atoms with Crippen LogP contribution < -0.4 is 16.8 Å². The Morgan fingerprint density at radius 2 is 1.77 bits per heavy atom. The zero-order valence-corrected chi connectivity index (χ0v) is 23.8. The molecule has 0 aliphatic heterocycles. The Hall–Kier alpha value is -4.37. The molecule has 3 rings (SSSR count). The van der Waals surface area contributed by atoms with E-state index in [0.717, 1.165) is 47.3 Å². The molecule has 5 N–H and O–H groups in total. The van der Waals surface area contributed by atoms with Gasteiger partial charge in [0.2, 0.25) is 6.41 Å². The lowest BCUT2D eigenvalue weighted by Gasteiger charge is -2.15. The molecule has 3 aromatic rings. The molecular weight excluding hydrogens is 507 g/mol. The lowest BCUT2D eigenvalue weighted by Crippen LogP contribution is -2.16. The molecule has 212 valence electrons. The Morgan fingerprint density at radius 3 is 2.42 bits per heavy atom. The summed E-state index contributed by atoms with van der Waals surface area (Å²) in [5.74, 6) is -0.325. The van der Waals surface area contributed by atoms with Crippen LogP contribution in [0.5, 0.6) is 0 Å². The predicted octanol–water partition coefficient (Wildman–Crippen LogP) is 5.21. The largest absolute Gasteiger partial charge is 0.405 e. The molecule has 0 atom stereocenters. The number of allylic oxidation sites excluding steroid dienone is 3. The summed E-state index contributed by atoms with van der Waals surface area (Å²) in [6.07, 6.45) is 11.0. The Bertz CT molecular complexity index is 1350. The lowest BCUT2D eigenvalue weighted by molar-refractivity contribution is -0.106. The molecule has 0 aliphatic carbocycles. The van der Waals surface area contributed by atoms with Gasteiger partial charge in [0.25, 0.3) is 5.91 Å². The van der Waals surface area contributed by atoms with Crippen LogP contribution in [0.3, 0.4) is 0 Å². The van der Waals surface area contributed by atoms with E-state index in [9.17, 15) is 9.18 Å². The van der Waals surface area contributed by atoms with E-state index in [-0.39, 0.29) is 18.0 Å². The molecular formula is C31H39FN6O2. The summed E-state index contributed by atoms with van der Waals surface area (Å²) in [6.45, 7) is 5.87. The predicted molar refractivity (Wildman–Crippen MR) is 160 cm³/mol. The van der Waals surface area contributed by atoms with Gasteiger partial charge in [0.05, 0.1) is 11.4 Å². The summed E-state index contributed by atoms with van der Waals surface area (Å²) in [7, 11) is 4.13. The third-order valence-corrected chi connectivity index (χ3v) is 5.94. The molecule has 2 amide bonds. The molecule has 0 fully saturated rings. The number of nitrogens with one attached hydrogen (secondary N) is 1. The SMILES string of the molecule is Cc1ccc(NC(=O)c2ccnc(C(C)(C)F)c2)cc1-c1ccnc(C(/C=C\N)=C/CCCN(C)C)c1.NC=O. The third kappa shape index (κ3) is 9.74. The van der Waals surface area contributed by atoms with Gasteiger partial charge < -0.3 is 21.7 Å². The van der Waals surface area contributed by atoms with Gasteiger partial charge in [0, 0.05) is 23.6 Å². The Labute approximate surface area is 236 Å². The first kappa shape index (κ1) is 31.8. The summed E-state index contributed by atoms with van der Waals surface area (Å²) in [5.41, 5.74) is 14.3. The first-order chi connectivity index (χ1) is 19.0. The molecule has 0 radical (unpaired) electrons. The standard InChI is InChI=1S/C30H36FN5O.CH3NO/c1-21-9-10-25(35-29(37)24-13-16-34-28(19-24)30(2,3)31)20-26(21)23-12-15-33-27(18-23)22(11-14-32)8-6-7-17-36(4)5;2-1-3/h8-16,18-20H,6-7,17,32H2,1-5H3,(H,35,37);1H,(H2,2,3)/b14-11-,22-8+;. The number of carbonyl (C=O) groups excluding carboxylic acids is 2.